The monoisotopic (exact) mass is 462 g/mol. The summed E-state index contributed by atoms with van der Waals surface area (Å²) in [5.74, 6) is 0. The van der Waals surface area contributed by atoms with E-state index >= 15 is 0 Å². The lowest BCUT2D eigenvalue weighted by atomic mass is 9.94. The van der Waals surface area contributed by atoms with Gasteiger partial charge in [-0.3, -0.25) is 0 Å². The summed E-state index contributed by atoms with van der Waals surface area (Å²) >= 11 is 3.51. The highest BCUT2D eigenvalue weighted by Gasteiger charge is 2.11. The van der Waals surface area contributed by atoms with Gasteiger partial charge in [0.15, 0.2) is 4.73 Å². The van der Waals surface area contributed by atoms with Gasteiger partial charge in [-0.15, -0.1) is 0 Å². The number of benzene rings is 4. The summed E-state index contributed by atoms with van der Waals surface area (Å²) in [7, 11) is 0. The summed E-state index contributed by atoms with van der Waals surface area (Å²) < 4.78 is 0.579. The number of halogens is 1. The molecule has 0 N–H and O–H groups in total. The maximum Gasteiger partial charge on any atom is 0.197 e. The third kappa shape index (κ3) is 4.32. The first kappa shape index (κ1) is 19.4. The Hall–Kier alpha value is -3.56. The van der Waals surface area contributed by atoms with Gasteiger partial charge in [0, 0.05) is 11.1 Å². The summed E-state index contributed by atoms with van der Waals surface area (Å²) in [4.78, 5) is 9.30. The van der Waals surface area contributed by atoms with E-state index in [2.05, 4.69) is 106 Å². The molecule has 3 heteroatoms. The van der Waals surface area contributed by atoms with Crippen LogP contribution in [0.4, 0.5) is 0 Å². The molecule has 0 bridgehead atoms. The van der Waals surface area contributed by atoms with Crippen LogP contribution < -0.4 is 0 Å². The lowest BCUT2D eigenvalue weighted by Gasteiger charge is -2.12. The van der Waals surface area contributed by atoms with Crippen molar-refractivity contribution in [2.45, 2.75) is 0 Å². The molecule has 0 fully saturated rings. The third-order valence-corrected chi connectivity index (χ3v) is 5.57. The molecule has 1 heterocycles. The SMILES string of the molecule is Brc1nc(-c2ccccc2)cc(-c2cc(-c3ccccc3)cc(-c3ccccc3)c2)n1. The molecule has 5 aromatic rings. The lowest BCUT2D eigenvalue weighted by Crippen LogP contribution is -1.93. The normalized spacial score (nSPS) is 10.7. The minimum atomic E-state index is 0.579. The summed E-state index contributed by atoms with van der Waals surface area (Å²) in [5, 5.41) is 0. The van der Waals surface area contributed by atoms with Crippen molar-refractivity contribution in [1.82, 2.24) is 9.97 Å². The zero-order valence-corrected chi connectivity index (χ0v) is 18.3. The third-order valence-electron chi connectivity index (χ3n) is 5.21. The van der Waals surface area contributed by atoms with Crippen LogP contribution in [-0.4, -0.2) is 9.97 Å². The van der Waals surface area contributed by atoms with Gasteiger partial charge in [-0.05, 0) is 62.4 Å². The molecule has 0 aliphatic heterocycles. The Morgan fingerprint density at radius 1 is 0.387 bits per heavy atom. The highest BCUT2D eigenvalue weighted by molar-refractivity contribution is 9.10. The molecule has 2 nitrogen and oxygen atoms in total. The molecule has 0 aliphatic carbocycles. The van der Waals surface area contributed by atoms with Crippen LogP contribution in [0, 0.1) is 0 Å². The molecule has 4 aromatic carbocycles. The smallest absolute Gasteiger partial charge is 0.197 e. The van der Waals surface area contributed by atoms with E-state index in [-0.39, 0.29) is 0 Å². The van der Waals surface area contributed by atoms with Gasteiger partial charge in [0.05, 0.1) is 11.4 Å². The second-order valence-corrected chi connectivity index (χ2v) is 8.01. The topological polar surface area (TPSA) is 25.8 Å². The zero-order chi connectivity index (χ0) is 21.0. The molecule has 0 spiro atoms. The number of rotatable bonds is 4. The van der Waals surface area contributed by atoms with Crippen LogP contribution in [-0.2, 0) is 0 Å². The van der Waals surface area contributed by atoms with Gasteiger partial charge in [0.1, 0.15) is 0 Å². The Balaban J connectivity index is 1.70. The van der Waals surface area contributed by atoms with E-state index in [1.165, 1.54) is 11.1 Å². The first-order valence-electron chi connectivity index (χ1n) is 10.1. The van der Waals surface area contributed by atoms with Gasteiger partial charge in [-0.2, -0.15) is 0 Å². The minimum absolute atomic E-state index is 0.579. The van der Waals surface area contributed by atoms with Crippen LogP contribution in [0.15, 0.2) is 120 Å². The highest BCUT2D eigenvalue weighted by atomic mass is 79.9. The molecular weight excluding hydrogens is 444 g/mol. The van der Waals surface area contributed by atoms with Crippen LogP contribution in [0.2, 0.25) is 0 Å². The maximum absolute atomic E-state index is 4.70. The number of aromatic nitrogens is 2. The Kier molecular flexibility index (Phi) is 5.42. The number of hydrogen-bond donors (Lipinski definition) is 0. The maximum atomic E-state index is 4.70. The summed E-state index contributed by atoms with van der Waals surface area (Å²) in [6.07, 6.45) is 0. The second kappa shape index (κ2) is 8.66. The van der Waals surface area contributed by atoms with E-state index in [0.29, 0.717) is 4.73 Å². The van der Waals surface area contributed by atoms with Crippen molar-refractivity contribution in [3.8, 4) is 44.8 Å². The quantitative estimate of drug-likeness (QED) is 0.253. The molecule has 1 aromatic heterocycles. The fraction of sp³-hybridized carbons (Fsp3) is 0. The largest absolute Gasteiger partial charge is 0.222 e. The summed E-state index contributed by atoms with van der Waals surface area (Å²) in [6.45, 7) is 0. The average Bonchev–Trinajstić information content (AvgIpc) is 2.85. The van der Waals surface area contributed by atoms with E-state index in [4.69, 9.17) is 4.98 Å². The number of hydrogen-bond acceptors (Lipinski definition) is 2. The van der Waals surface area contributed by atoms with Gasteiger partial charge in [0.2, 0.25) is 0 Å². The van der Waals surface area contributed by atoms with Crippen molar-refractivity contribution < 1.29 is 0 Å². The molecule has 0 aliphatic rings. The molecule has 31 heavy (non-hydrogen) atoms. The molecule has 0 radical (unpaired) electrons. The average molecular weight is 463 g/mol. The van der Waals surface area contributed by atoms with Crippen molar-refractivity contribution >= 4 is 15.9 Å². The van der Waals surface area contributed by atoms with Crippen molar-refractivity contribution in [3.05, 3.63) is 120 Å². The zero-order valence-electron chi connectivity index (χ0n) is 16.7. The van der Waals surface area contributed by atoms with Gasteiger partial charge >= 0.3 is 0 Å². The second-order valence-electron chi connectivity index (χ2n) is 7.30. The molecule has 0 amide bonds. The van der Waals surface area contributed by atoms with Crippen LogP contribution >= 0.6 is 15.9 Å². The van der Waals surface area contributed by atoms with Crippen molar-refractivity contribution in [1.29, 1.82) is 0 Å². The van der Waals surface area contributed by atoms with E-state index in [1.54, 1.807) is 0 Å². The summed E-state index contributed by atoms with van der Waals surface area (Å²) in [6, 6.07) is 39.8. The lowest BCUT2D eigenvalue weighted by molar-refractivity contribution is 1.12. The molecule has 148 valence electrons. The fourth-order valence-corrected chi connectivity index (χ4v) is 4.07. The van der Waals surface area contributed by atoms with Gasteiger partial charge < -0.3 is 0 Å². The van der Waals surface area contributed by atoms with Crippen molar-refractivity contribution in [2.75, 3.05) is 0 Å². The molecule has 0 saturated carbocycles. The minimum Gasteiger partial charge on any atom is -0.222 e. The predicted molar refractivity (Wildman–Crippen MR) is 131 cm³/mol. The Labute approximate surface area is 190 Å². The number of nitrogens with zero attached hydrogens (tertiary/aromatic N) is 2. The van der Waals surface area contributed by atoms with Crippen molar-refractivity contribution in [2.24, 2.45) is 0 Å². The summed E-state index contributed by atoms with van der Waals surface area (Å²) in [5.41, 5.74) is 8.58. The van der Waals surface area contributed by atoms with Gasteiger partial charge in [-0.25, -0.2) is 9.97 Å². The Bertz CT molecular complexity index is 1260. The molecule has 0 unspecified atom stereocenters. The van der Waals surface area contributed by atoms with Crippen molar-refractivity contribution in [3.63, 3.8) is 0 Å². The van der Waals surface area contributed by atoms with Crippen LogP contribution in [0.3, 0.4) is 0 Å². The van der Waals surface area contributed by atoms with Crippen LogP contribution in [0.1, 0.15) is 0 Å². The van der Waals surface area contributed by atoms with Gasteiger partial charge in [0.25, 0.3) is 0 Å². The fourth-order valence-electron chi connectivity index (χ4n) is 3.69. The van der Waals surface area contributed by atoms with Crippen LogP contribution in [0.25, 0.3) is 44.8 Å². The van der Waals surface area contributed by atoms with E-state index < -0.39 is 0 Å². The molecular formula is C28H19BrN2. The highest BCUT2D eigenvalue weighted by Crippen LogP contribution is 2.33. The first-order chi connectivity index (χ1) is 15.3. The van der Waals surface area contributed by atoms with E-state index in [0.717, 1.165) is 33.6 Å². The first-order valence-corrected chi connectivity index (χ1v) is 10.9. The molecule has 0 atom stereocenters. The Morgan fingerprint density at radius 3 is 1.26 bits per heavy atom. The standard InChI is InChI=1S/C28H19BrN2/c29-28-30-26(22-14-8-3-9-15-22)19-27(31-28)25-17-23(20-10-4-1-5-11-20)16-24(18-25)21-12-6-2-7-13-21/h1-19H. The molecule has 0 saturated heterocycles. The molecule has 5 rings (SSSR count). The van der Waals surface area contributed by atoms with Gasteiger partial charge in [-0.1, -0.05) is 91.0 Å². The predicted octanol–water partition coefficient (Wildman–Crippen LogP) is 7.91. The Morgan fingerprint density at radius 2 is 0.774 bits per heavy atom. The van der Waals surface area contributed by atoms with Crippen LogP contribution in [0.5, 0.6) is 0 Å². The van der Waals surface area contributed by atoms with E-state index in [1.807, 2.05) is 30.3 Å². The van der Waals surface area contributed by atoms with E-state index in [9.17, 15) is 0 Å².